The van der Waals surface area contributed by atoms with Gasteiger partial charge in [0.1, 0.15) is 5.82 Å². The van der Waals surface area contributed by atoms with E-state index in [2.05, 4.69) is 9.88 Å². The summed E-state index contributed by atoms with van der Waals surface area (Å²) < 4.78 is 0. The second-order valence-electron chi connectivity index (χ2n) is 4.80. The number of nitrogens with zero attached hydrogens (tertiary/aromatic N) is 3. The molecule has 2 rings (SSSR count). The Kier molecular flexibility index (Phi) is 4.92. The van der Waals surface area contributed by atoms with E-state index in [-0.39, 0.29) is 12.3 Å². The van der Waals surface area contributed by atoms with Crippen LogP contribution in [0.1, 0.15) is 19.3 Å². The normalized spacial score (nSPS) is 15.2. The zero-order valence-corrected chi connectivity index (χ0v) is 11.4. The van der Waals surface area contributed by atoms with Crippen LogP contribution in [0.15, 0.2) is 24.4 Å². The predicted octanol–water partition coefficient (Wildman–Crippen LogP) is 0.985. The first kappa shape index (κ1) is 14.3. The molecule has 0 aliphatic carbocycles. The maximum Gasteiger partial charge on any atom is 0.303 e. The molecule has 6 heteroatoms. The van der Waals surface area contributed by atoms with E-state index in [1.54, 1.807) is 11.1 Å². The van der Waals surface area contributed by atoms with E-state index < -0.39 is 5.97 Å². The smallest absolute Gasteiger partial charge is 0.303 e. The maximum atomic E-state index is 11.9. The second kappa shape index (κ2) is 6.88. The summed E-state index contributed by atoms with van der Waals surface area (Å²) in [7, 11) is 0. The standard InChI is InChI=1S/C14H19N3O3/c18-13(5-3-6-14(19)20)17-10-8-16(9-11-17)12-4-1-2-7-15-12/h1-2,4,7H,3,5-6,8-11H2,(H,19,20). The minimum Gasteiger partial charge on any atom is -0.481 e. The third-order valence-electron chi connectivity index (χ3n) is 3.39. The van der Waals surface area contributed by atoms with Crippen LogP contribution in [0.3, 0.4) is 0 Å². The van der Waals surface area contributed by atoms with E-state index >= 15 is 0 Å². The summed E-state index contributed by atoms with van der Waals surface area (Å²) in [6, 6.07) is 5.79. The Morgan fingerprint density at radius 1 is 1.15 bits per heavy atom. The number of piperazine rings is 1. The van der Waals surface area contributed by atoms with Crippen molar-refractivity contribution >= 4 is 17.7 Å². The molecule has 2 heterocycles. The summed E-state index contributed by atoms with van der Waals surface area (Å²) in [5, 5.41) is 8.56. The average molecular weight is 277 g/mol. The van der Waals surface area contributed by atoms with Crippen LogP contribution >= 0.6 is 0 Å². The third-order valence-corrected chi connectivity index (χ3v) is 3.39. The van der Waals surface area contributed by atoms with Crippen molar-refractivity contribution in [3.8, 4) is 0 Å². The van der Waals surface area contributed by atoms with Crippen molar-refractivity contribution < 1.29 is 14.7 Å². The van der Waals surface area contributed by atoms with Crippen LogP contribution in [0.4, 0.5) is 5.82 Å². The summed E-state index contributed by atoms with van der Waals surface area (Å²) in [6.45, 7) is 2.87. The monoisotopic (exact) mass is 277 g/mol. The van der Waals surface area contributed by atoms with E-state index in [1.165, 1.54) is 0 Å². The quantitative estimate of drug-likeness (QED) is 0.868. The van der Waals surface area contributed by atoms with Gasteiger partial charge < -0.3 is 14.9 Å². The first-order valence-corrected chi connectivity index (χ1v) is 6.82. The summed E-state index contributed by atoms with van der Waals surface area (Å²) in [6.07, 6.45) is 2.54. The summed E-state index contributed by atoms with van der Waals surface area (Å²) in [5.74, 6) is 0.134. The molecule has 0 unspecified atom stereocenters. The van der Waals surface area contributed by atoms with Gasteiger partial charge in [-0.15, -0.1) is 0 Å². The second-order valence-corrected chi connectivity index (χ2v) is 4.80. The number of rotatable bonds is 5. The molecule has 1 fully saturated rings. The number of aliphatic carboxylic acids is 1. The molecule has 1 saturated heterocycles. The Balaban J connectivity index is 1.76. The largest absolute Gasteiger partial charge is 0.481 e. The molecule has 0 aromatic carbocycles. The van der Waals surface area contributed by atoms with Gasteiger partial charge in [-0.05, 0) is 18.6 Å². The number of carbonyl (C=O) groups excluding carboxylic acids is 1. The molecule has 1 aliphatic rings. The molecule has 0 spiro atoms. The van der Waals surface area contributed by atoms with Crippen molar-refractivity contribution in [2.45, 2.75) is 19.3 Å². The fourth-order valence-corrected chi connectivity index (χ4v) is 2.27. The highest BCUT2D eigenvalue weighted by molar-refractivity contribution is 5.77. The fourth-order valence-electron chi connectivity index (χ4n) is 2.27. The predicted molar refractivity (Wildman–Crippen MR) is 74.5 cm³/mol. The molecular formula is C14H19N3O3. The van der Waals surface area contributed by atoms with Crippen LogP contribution in [-0.4, -0.2) is 53.0 Å². The number of aromatic nitrogens is 1. The van der Waals surface area contributed by atoms with Gasteiger partial charge in [0.2, 0.25) is 5.91 Å². The molecular weight excluding hydrogens is 258 g/mol. The van der Waals surface area contributed by atoms with Crippen molar-refractivity contribution in [3.63, 3.8) is 0 Å². The Hall–Kier alpha value is -2.11. The van der Waals surface area contributed by atoms with Crippen molar-refractivity contribution in [1.29, 1.82) is 0 Å². The molecule has 1 amide bonds. The molecule has 0 radical (unpaired) electrons. The van der Waals surface area contributed by atoms with Crippen LogP contribution in [-0.2, 0) is 9.59 Å². The molecule has 0 atom stereocenters. The van der Waals surface area contributed by atoms with Crippen LogP contribution < -0.4 is 4.90 Å². The van der Waals surface area contributed by atoms with Gasteiger partial charge in [-0.3, -0.25) is 9.59 Å². The highest BCUT2D eigenvalue weighted by atomic mass is 16.4. The highest BCUT2D eigenvalue weighted by Gasteiger charge is 2.21. The van der Waals surface area contributed by atoms with Crippen LogP contribution in [0, 0.1) is 0 Å². The topological polar surface area (TPSA) is 73.7 Å². The zero-order valence-electron chi connectivity index (χ0n) is 11.4. The first-order chi connectivity index (χ1) is 9.66. The summed E-state index contributed by atoms with van der Waals surface area (Å²) in [5.41, 5.74) is 0. The van der Waals surface area contributed by atoms with Crippen molar-refractivity contribution in [3.05, 3.63) is 24.4 Å². The Bertz CT molecular complexity index is 456. The van der Waals surface area contributed by atoms with Gasteiger partial charge in [0.05, 0.1) is 0 Å². The minimum absolute atomic E-state index is 0.0481. The number of carboxylic acid groups (broad SMARTS) is 1. The average Bonchev–Trinajstić information content (AvgIpc) is 2.48. The molecule has 6 nitrogen and oxygen atoms in total. The number of pyridine rings is 1. The fraction of sp³-hybridized carbons (Fsp3) is 0.500. The number of carboxylic acids is 1. The van der Waals surface area contributed by atoms with Gasteiger partial charge in [-0.2, -0.15) is 0 Å². The van der Waals surface area contributed by atoms with E-state index in [4.69, 9.17) is 5.11 Å². The molecule has 0 bridgehead atoms. The van der Waals surface area contributed by atoms with Gasteiger partial charge in [-0.25, -0.2) is 4.98 Å². The van der Waals surface area contributed by atoms with Crippen molar-refractivity contribution in [2.24, 2.45) is 0 Å². The van der Waals surface area contributed by atoms with E-state index in [0.29, 0.717) is 25.9 Å². The number of hydrogen-bond acceptors (Lipinski definition) is 4. The van der Waals surface area contributed by atoms with Crippen LogP contribution in [0.2, 0.25) is 0 Å². The van der Waals surface area contributed by atoms with Gasteiger partial charge in [0, 0.05) is 45.2 Å². The molecule has 1 aromatic heterocycles. The number of carbonyl (C=O) groups is 2. The van der Waals surface area contributed by atoms with Crippen molar-refractivity contribution in [1.82, 2.24) is 9.88 Å². The van der Waals surface area contributed by atoms with Gasteiger partial charge >= 0.3 is 5.97 Å². The van der Waals surface area contributed by atoms with Gasteiger partial charge in [-0.1, -0.05) is 6.07 Å². The third kappa shape index (κ3) is 3.94. The lowest BCUT2D eigenvalue weighted by Gasteiger charge is -2.35. The first-order valence-electron chi connectivity index (χ1n) is 6.82. The molecule has 108 valence electrons. The van der Waals surface area contributed by atoms with Crippen molar-refractivity contribution in [2.75, 3.05) is 31.1 Å². The van der Waals surface area contributed by atoms with Crippen LogP contribution in [0.25, 0.3) is 0 Å². The van der Waals surface area contributed by atoms with E-state index in [9.17, 15) is 9.59 Å². The lowest BCUT2D eigenvalue weighted by Crippen LogP contribution is -2.49. The SMILES string of the molecule is O=C(O)CCCC(=O)N1CCN(c2ccccn2)CC1. The van der Waals surface area contributed by atoms with Gasteiger partial charge in [0.15, 0.2) is 0 Å². The molecule has 0 saturated carbocycles. The van der Waals surface area contributed by atoms with Crippen LogP contribution in [0.5, 0.6) is 0 Å². The minimum atomic E-state index is -0.849. The highest BCUT2D eigenvalue weighted by Crippen LogP contribution is 2.13. The van der Waals surface area contributed by atoms with E-state index in [0.717, 1.165) is 18.9 Å². The lowest BCUT2D eigenvalue weighted by atomic mass is 10.2. The molecule has 1 aromatic rings. The number of amides is 1. The maximum absolute atomic E-state index is 11.9. The lowest BCUT2D eigenvalue weighted by molar-refractivity contribution is -0.137. The summed E-state index contributed by atoms with van der Waals surface area (Å²) in [4.78, 5) is 30.6. The molecule has 20 heavy (non-hydrogen) atoms. The number of anilines is 1. The zero-order chi connectivity index (χ0) is 14.4. The Morgan fingerprint density at radius 3 is 2.50 bits per heavy atom. The van der Waals surface area contributed by atoms with E-state index in [1.807, 2.05) is 18.2 Å². The Morgan fingerprint density at radius 2 is 1.90 bits per heavy atom. The number of hydrogen-bond donors (Lipinski definition) is 1. The Labute approximate surface area is 118 Å². The molecule has 1 N–H and O–H groups in total. The van der Waals surface area contributed by atoms with Gasteiger partial charge in [0.25, 0.3) is 0 Å². The summed E-state index contributed by atoms with van der Waals surface area (Å²) >= 11 is 0. The molecule has 1 aliphatic heterocycles.